The van der Waals surface area contributed by atoms with Crippen LogP contribution in [0.3, 0.4) is 0 Å². The van der Waals surface area contributed by atoms with Gasteiger partial charge in [0.15, 0.2) is 0 Å². The average molecular weight is 298 g/mol. The molecule has 2 rings (SSSR count). The van der Waals surface area contributed by atoms with E-state index < -0.39 is 0 Å². The lowest BCUT2D eigenvalue weighted by atomic mass is 9.72. The van der Waals surface area contributed by atoms with E-state index >= 15 is 0 Å². The van der Waals surface area contributed by atoms with Gasteiger partial charge in [-0.05, 0) is 61.3 Å². The van der Waals surface area contributed by atoms with Gasteiger partial charge in [-0.25, -0.2) is 0 Å². The molecule has 0 amide bonds. The van der Waals surface area contributed by atoms with Crippen molar-refractivity contribution in [1.29, 1.82) is 0 Å². The molecule has 4 N–H and O–H groups in total. The first kappa shape index (κ1) is 17.0. The number of rotatable bonds is 5. The lowest BCUT2D eigenvalue weighted by molar-refractivity contribution is 0.377. The van der Waals surface area contributed by atoms with Crippen molar-refractivity contribution in [2.75, 3.05) is 6.54 Å². The molecule has 0 saturated carbocycles. The highest BCUT2D eigenvalue weighted by molar-refractivity contribution is 5.55. The maximum absolute atomic E-state index is 6.17. The van der Waals surface area contributed by atoms with E-state index in [1.807, 2.05) is 0 Å². The second-order valence-electron chi connectivity index (χ2n) is 7.12. The van der Waals surface area contributed by atoms with Crippen molar-refractivity contribution in [3.63, 3.8) is 0 Å². The Labute approximate surface area is 135 Å². The summed E-state index contributed by atoms with van der Waals surface area (Å²) in [5.74, 6) is 0. The summed E-state index contributed by atoms with van der Waals surface area (Å²) >= 11 is 0. The number of hydrogen-bond donors (Lipinski definition) is 2. The van der Waals surface area contributed by atoms with Crippen LogP contribution in [0.5, 0.6) is 0 Å². The van der Waals surface area contributed by atoms with Gasteiger partial charge in [-0.3, -0.25) is 0 Å². The number of allylic oxidation sites excluding steroid dienone is 3. The summed E-state index contributed by atoms with van der Waals surface area (Å²) in [6.07, 6.45) is 9.16. The topological polar surface area (TPSA) is 52.0 Å². The molecule has 2 heteroatoms. The van der Waals surface area contributed by atoms with Crippen LogP contribution in [-0.4, -0.2) is 6.54 Å². The second kappa shape index (κ2) is 7.26. The molecule has 1 aromatic rings. The van der Waals surface area contributed by atoms with Gasteiger partial charge in [0, 0.05) is 6.04 Å². The molecule has 0 bridgehead atoms. The van der Waals surface area contributed by atoms with Crippen molar-refractivity contribution in [2.45, 2.75) is 52.5 Å². The van der Waals surface area contributed by atoms with Crippen molar-refractivity contribution in [3.8, 4) is 0 Å². The van der Waals surface area contributed by atoms with Gasteiger partial charge in [0.1, 0.15) is 0 Å². The second-order valence-corrected chi connectivity index (χ2v) is 7.12. The first-order chi connectivity index (χ1) is 10.4. The SMILES string of the molecule is CC1=C(C=Cc2cccc(C(N)CCN)c2)C(C)(C)CCC1. The Morgan fingerprint density at radius 2 is 2.05 bits per heavy atom. The van der Waals surface area contributed by atoms with Gasteiger partial charge in [0.25, 0.3) is 0 Å². The highest BCUT2D eigenvalue weighted by atomic mass is 14.7. The molecule has 0 heterocycles. The third-order valence-electron chi connectivity index (χ3n) is 4.80. The molecule has 0 radical (unpaired) electrons. The van der Waals surface area contributed by atoms with Gasteiger partial charge < -0.3 is 11.5 Å². The molecule has 1 unspecified atom stereocenters. The molecule has 1 aromatic carbocycles. The fraction of sp³-hybridized carbons (Fsp3) is 0.500. The Morgan fingerprint density at radius 1 is 1.27 bits per heavy atom. The zero-order valence-corrected chi connectivity index (χ0v) is 14.2. The molecule has 0 aliphatic heterocycles. The van der Waals surface area contributed by atoms with Gasteiger partial charge in [0.05, 0.1) is 0 Å². The normalized spacial score (nSPS) is 19.7. The minimum absolute atomic E-state index is 0.0328. The Kier molecular flexibility index (Phi) is 5.60. The van der Waals surface area contributed by atoms with Crippen LogP contribution < -0.4 is 11.5 Å². The van der Waals surface area contributed by atoms with Crippen molar-refractivity contribution < 1.29 is 0 Å². The number of nitrogens with two attached hydrogens (primary N) is 2. The van der Waals surface area contributed by atoms with Crippen LogP contribution in [0.1, 0.15) is 63.6 Å². The third kappa shape index (κ3) is 4.08. The van der Waals surface area contributed by atoms with Gasteiger partial charge >= 0.3 is 0 Å². The fourth-order valence-corrected chi connectivity index (χ4v) is 3.43. The first-order valence-corrected chi connectivity index (χ1v) is 8.38. The fourth-order valence-electron chi connectivity index (χ4n) is 3.43. The van der Waals surface area contributed by atoms with E-state index in [1.54, 1.807) is 0 Å². The van der Waals surface area contributed by atoms with Crippen LogP contribution in [0.15, 0.2) is 41.5 Å². The standard InChI is InChI=1S/C20H30N2/c1-15-6-5-12-20(2,3)18(15)10-9-16-7-4-8-17(14-16)19(22)11-13-21/h4,7-10,14,19H,5-6,11-13,21-22H2,1-3H3. The monoisotopic (exact) mass is 298 g/mol. The van der Waals surface area contributed by atoms with E-state index in [4.69, 9.17) is 11.5 Å². The van der Waals surface area contributed by atoms with E-state index in [0.717, 1.165) is 6.42 Å². The highest BCUT2D eigenvalue weighted by Crippen LogP contribution is 2.40. The number of benzene rings is 1. The van der Waals surface area contributed by atoms with E-state index in [2.05, 4.69) is 57.2 Å². The molecule has 22 heavy (non-hydrogen) atoms. The Hall–Kier alpha value is -1.38. The largest absolute Gasteiger partial charge is 0.330 e. The minimum atomic E-state index is 0.0328. The summed E-state index contributed by atoms with van der Waals surface area (Å²) in [6, 6.07) is 8.53. The summed E-state index contributed by atoms with van der Waals surface area (Å²) in [5.41, 5.74) is 17.5. The van der Waals surface area contributed by atoms with Crippen LogP contribution in [0, 0.1) is 5.41 Å². The summed E-state index contributed by atoms with van der Waals surface area (Å²) in [5, 5.41) is 0. The predicted molar refractivity (Wildman–Crippen MR) is 96.4 cm³/mol. The van der Waals surface area contributed by atoms with Crippen LogP contribution in [-0.2, 0) is 0 Å². The molecule has 0 spiro atoms. The zero-order valence-electron chi connectivity index (χ0n) is 14.2. The molecule has 0 aromatic heterocycles. The molecule has 0 saturated heterocycles. The summed E-state index contributed by atoms with van der Waals surface area (Å²) in [6.45, 7) is 7.60. The molecule has 120 valence electrons. The summed E-state index contributed by atoms with van der Waals surface area (Å²) in [4.78, 5) is 0. The van der Waals surface area contributed by atoms with E-state index in [0.29, 0.717) is 6.54 Å². The van der Waals surface area contributed by atoms with Crippen molar-refractivity contribution in [2.24, 2.45) is 16.9 Å². The van der Waals surface area contributed by atoms with Crippen LogP contribution in [0.2, 0.25) is 0 Å². The zero-order chi connectivity index (χ0) is 16.2. The Bertz CT molecular complexity index is 567. The summed E-state index contributed by atoms with van der Waals surface area (Å²) < 4.78 is 0. The molecule has 1 atom stereocenters. The predicted octanol–water partition coefficient (Wildman–Crippen LogP) is 4.58. The Balaban J connectivity index is 2.21. The van der Waals surface area contributed by atoms with E-state index in [9.17, 15) is 0 Å². The van der Waals surface area contributed by atoms with E-state index in [-0.39, 0.29) is 11.5 Å². The number of hydrogen-bond acceptors (Lipinski definition) is 2. The van der Waals surface area contributed by atoms with Crippen LogP contribution in [0.4, 0.5) is 0 Å². The lowest BCUT2D eigenvalue weighted by Gasteiger charge is -2.32. The molecule has 0 fully saturated rings. The smallest absolute Gasteiger partial charge is 0.0307 e. The van der Waals surface area contributed by atoms with E-state index in [1.165, 1.54) is 41.5 Å². The summed E-state index contributed by atoms with van der Waals surface area (Å²) in [7, 11) is 0. The molecular formula is C20H30N2. The van der Waals surface area contributed by atoms with Gasteiger partial charge in [-0.2, -0.15) is 0 Å². The van der Waals surface area contributed by atoms with Crippen molar-refractivity contribution >= 4 is 6.08 Å². The third-order valence-corrected chi connectivity index (χ3v) is 4.80. The van der Waals surface area contributed by atoms with Gasteiger partial charge in [0.2, 0.25) is 0 Å². The molecule has 2 nitrogen and oxygen atoms in total. The Morgan fingerprint density at radius 3 is 2.73 bits per heavy atom. The maximum Gasteiger partial charge on any atom is 0.0307 e. The van der Waals surface area contributed by atoms with Gasteiger partial charge in [-0.1, -0.05) is 55.8 Å². The highest BCUT2D eigenvalue weighted by Gasteiger charge is 2.26. The molecule has 1 aliphatic carbocycles. The lowest BCUT2D eigenvalue weighted by Crippen LogP contribution is -2.19. The quantitative estimate of drug-likeness (QED) is 0.836. The molecule has 1 aliphatic rings. The maximum atomic E-state index is 6.17. The first-order valence-electron chi connectivity index (χ1n) is 8.38. The molecular weight excluding hydrogens is 268 g/mol. The van der Waals surface area contributed by atoms with Crippen LogP contribution >= 0.6 is 0 Å². The average Bonchev–Trinajstić information content (AvgIpc) is 2.46. The van der Waals surface area contributed by atoms with Crippen molar-refractivity contribution in [3.05, 3.63) is 52.6 Å². The van der Waals surface area contributed by atoms with Crippen molar-refractivity contribution in [1.82, 2.24) is 0 Å². The van der Waals surface area contributed by atoms with Gasteiger partial charge in [-0.15, -0.1) is 0 Å². The minimum Gasteiger partial charge on any atom is -0.330 e. The van der Waals surface area contributed by atoms with Crippen LogP contribution in [0.25, 0.3) is 6.08 Å².